The SMILES string of the molecule is COC(=O)c1c(-c2ccccc2)csc1NC(=O)CN1CCN(C(=O)c2sc3cc(Cl)ccc3c2Cl)CC1. The van der Waals surface area contributed by atoms with Gasteiger partial charge in [-0.05, 0) is 17.7 Å². The Bertz CT molecular complexity index is 1510. The number of fused-ring (bicyclic) bond motifs is 1. The molecule has 38 heavy (non-hydrogen) atoms. The number of anilines is 1. The Morgan fingerprint density at radius 3 is 2.47 bits per heavy atom. The van der Waals surface area contributed by atoms with Crippen molar-refractivity contribution in [3.05, 3.63) is 74.4 Å². The molecular weight excluding hydrogens is 565 g/mol. The number of amides is 2. The lowest BCUT2D eigenvalue weighted by molar-refractivity contribution is -0.117. The highest BCUT2D eigenvalue weighted by atomic mass is 35.5. The molecule has 1 fully saturated rings. The molecule has 1 N–H and O–H groups in total. The predicted molar refractivity (Wildman–Crippen MR) is 154 cm³/mol. The zero-order chi connectivity index (χ0) is 26.8. The summed E-state index contributed by atoms with van der Waals surface area (Å²) in [5, 5.41) is 7.03. The van der Waals surface area contributed by atoms with Crippen molar-refractivity contribution >= 4 is 78.7 Å². The van der Waals surface area contributed by atoms with Gasteiger partial charge in [-0.3, -0.25) is 14.5 Å². The van der Waals surface area contributed by atoms with Crippen LogP contribution in [0.4, 0.5) is 5.00 Å². The van der Waals surface area contributed by atoms with E-state index in [4.69, 9.17) is 27.9 Å². The summed E-state index contributed by atoms with van der Waals surface area (Å²) >= 11 is 15.2. The van der Waals surface area contributed by atoms with E-state index in [1.165, 1.54) is 29.8 Å². The number of ether oxygens (including phenoxy) is 1. The molecule has 0 radical (unpaired) electrons. The van der Waals surface area contributed by atoms with Gasteiger partial charge in [-0.25, -0.2) is 4.79 Å². The van der Waals surface area contributed by atoms with Crippen LogP contribution >= 0.6 is 45.9 Å². The maximum atomic E-state index is 13.2. The molecule has 0 spiro atoms. The molecule has 2 amide bonds. The van der Waals surface area contributed by atoms with E-state index in [-0.39, 0.29) is 18.4 Å². The van der Waals surface area contributed by atoms with Crippen LogP contribution in [0.1, 0.15) is 20.0 Å². The topological polar surface area (TPSA) is 79.0 Å². The molecule has 5 rings (SSSR count). The average molecular weight is 589 g/mol. The van der Waals surface area contributed by atoms with Crippen molar-refractivity contribution in [3.63, 3.8) is 0 Å². The molecule has 1 aliphatic rings. The van der Waals surface area contributed by atoms with Crippen LogP contribution in [-0.2, 0) is 9.53 Å². The van der Waals surface area contributed by atoms with E-state index in [2.05, 4.69) is 5.32 Å². The van der Waals surface area contributed by atoms with Gasteiger partial charge in [0, 0.05) is 52.2 Å². The highest BCUT2D eigenvalue weighted by Crippen LogP contribution is 2.38. The molecule has 7 nitrogen and oxygen atoms in total. The molecule has 2 aromatic heterocycles. The molecule has 11 heteroatoms. The van der Waals surface area contributed by atoms with Gasteiger partial charge in [-0.1, -0.05) is 59.6 Å². The number of hydrogen-bond donors (Lipinski definition) is 1. The number of carbonyl (C=O) groups excluding carboxylic acids is 3. The number of methoxy groups -OCH3 is 1. The fourth-order valence-electron chi connectivity index (χ4n) is 4.38. The standard InChI is InChI=1S/C27H23Cl2N3O4S2/c1-36-27(35)22-19(16-5-3-2-4-6-16)15-37-25(22)30-21(33)14-31-9-11-32(12-10-31)26(34)24-23(29)18-8-7-17(28)13-20(18)38-24/h2-8,13,15H,9-12,14H2,1H3,(H,30,33). The van der Waals surface area contributed by atoms with Gasteiger partial charge in [0.1, 0.15) is 15.4 Å². The van der Waals surface area contributed by atoms with Crippen molar-refractivity contribution in [2.75, 3.05) is 45.2 Å². The van der Waals surface area contributed by atoms with Crippen molar-refractivity contribution in [1.82, 2.24) is 9.80 Å². The first-order chi connectivity index (χ1) is 18.4. The summed E-state index contributed by atoms with van der Waals surface area (Å²) in [6.07, 6.45) is 0. The highest BCUT2D eigenvalue weighted by Gasteiger charge is 2.28. The van der Waals surface area contributed by atoms with Crippen LogP contribution < -0.4 is 5.32 Å². The summed E-state index contributed by atoms with van der Waals surface area (Å²) in [6.45, 7) is 2.17. The molecular formula is C27H23Cl2N3O4S2. The largest absolute Gasteiger partial charge is 0.465 e. The summed E-state index contributed by atoms with van der Waals surface area (Å²) < 4.78 is 5.86. The number of nitrogens with one attached hydrogen (secondary N) is 1. The maximum absolute atomic E-state index is 13.2. The van der Waals surface area contributed by atoms with Crippen molar-refractivity contribution in [2.24, 2.45) is 0 Å². The predicted octanol–water partition coefficient (Wildman–Crippen LogP) is 6.12. The van der Waals surface area contributed by atoms with E-state index in [9.17, 15) is 14.4 Å². The molecule has 4 aromatic rings. The average Bonchev–Trinajstić information content (AvgIpc) is 3.49. The van der Waals surface area contributed by atoms with Gasteiger partial charge in [-0.15, -0.1) is 22.7 Å². The Morgan fingerprint density at radius 2 is 1.76 bits per heavy atom. The summed E-state index contributed by atoms with van der Waals surface area (Å²) in [4.78, 5) is 42.8. The van der Waals surface area contributed by atoms with Crippen LogP contribution in [-0.4, -0.2) is 67.4 Å². The number of esters is 1. The van der Waals surface area contributed by atoms with Gasteiger partial charge >= 0.3 is 5.97 Å². The minimum Gasteiger partial charge on any atom is -0.465 e. The number of hydrogen-bond acceptors (Lipinski definition) is 7. The Morgan fingerprint density at radius 1 is 1.03 bits per heavy atom. The maximum Gasteiger partial charge on any atom is 0.341 e. The van der Waals surface area contributed by atoms with E-state index in [1.54, 1.807) is 11.0 Å². The Hall–Kier alpha value is -2.95. The molecule has 0 saturated carbocycles. The molecule has 1 saturated heterocycles. The van der Waals surface area contributed by atoms with Crippen molar-refractivity contribution in [2.45, 2.75) is 0 Å². The van der Waals surface area contributed by atoms with E-state index >= 15 is 0 Å². The molecule has 0 aliphatic carbocycles. The molecule has 2 aromatic carbocycles. The van der Waals surface area contributed by atoms with Crippen LogP contribution in [0.5, 0.6) is 0 Å². The van der Waals surface area contributed by atoms with Crippen LogP contribution in [0.25, 0.3) is 21.2 Å². The number of rotatable bonds is 6. The van der Waals surface area contributed by atoms with Crippen LogP contribution in [0.3, 0.4) is 0 Å². The number of benzene rings is 2. The third-order valence-electron chi connectivity index (χ3n) is 6.33. The lowest BCUT2D eigenvalue weighted by atomic mass is 10.0. The molecule has 0 unspecified atom stereocenters. The zero-order valence-corrected chi connectivity index (χ0v) is 23.5. The van der Waals surface area contributed by atoms with E-state index < -0.39 is 5.97 Å². The second-order valence-corrected chi connectivity index (χ2v) is 11.5. The van der Waals surface area contributed by atoms with Crippen molar-refractivity contribution < 1.29 is 19.1 Å². The van der Waals surface area contributed by atoms with Gasteiger partial charge < -0.3 is 15.0 Å². The summed E-state index contributed by atoms with van der Waals surface area (Å²) in [7, 11) is 1.32. The van der Waals surface area contributed by atoms with Gasteiger partial charge in [0.25, 0.3) is 5.91 Å². The fourth-order valence-corrected chi connectivity index (χ4v) is 7.11. The van der Waals surface area contributed by atoms with Crippen LogP contribution in [0.2, 0.25) is 10.0 Å². The first kappa shape index (κ1) is 26.6. The van der Waals surface area contributed by atoms with E-state index in [0.717, 1.165) is 15.6 Å². The van der Waals surface area contributed by atoms with Crippen molar-refractivity contribution in [1.29, 1.82) is 0 Å². The first-order valence-electron chi connectivity index (χ1n) is 11.8. The number of nitrogens with zero attached hydrogens (tertiary/aromatic N) is 2. The quantitative estimate of drug-likeness (QED) is 0.275. The fraction of sp³-hybridized carbons (Fsp3) is 0.222. The lowest BCUT2D eigenvalue weighted by Gasteiger charge is -2.34. The third kappa shape index (κ3) is 5.43. The smallest absolute Gasteiger partial charge is 0.341 e. The van der Waals surface area contributed by atoms with Gasteiger partial charge in [0.15, 0.2) is 0 Å². The zero-order valence-electron chi connectivity index (χ0n) is 20.3. The first-order valence-corrected chi connectivity index (χ1v) is 14.2. The number of thiophene rings is 2. The number of carbonyl (C=O) groups is 3. The highest BCUT2D eigenvalue weighted by molar-refractivity contribution is 7.21. The number of piperazine rings is 1. The second-order valence-electron chi connectivity index (χ2n) is 8.71. The summed E-state index contributed by atoms with van der Waals surface area (Å²) in [6, 6.07) is 14.9. The van der Waals surface area contributed by atoms with Gasteiger partial charge in [0.05, 0.1) is 18.7 Å². The Kier molecular flexibility index (Phi) is 8.01. The van der Waals surface area contributed by atoms with Crippen molar-refractivity contribution in [3.8, 4) is 11.1 Å². The molecule has 1 aliphatic heterocycles. The van der Waals surface area contributed by atoms with E-state index in [0.29, 0.717) is 57.2 Å². The second kappa shape index (κ2) is 11.4. The molecule has 0 bridgehead atoms. The monoisotopic (exact) mass is 587 g/mol. The van der Waals surface area contributed by atoms with Crippen LogP contribution in [0, 0.1) is 0 Å². The van der Waals surface area contributed by atoms with Crippen LogP contribution in [0.15, 0.2) is 53.9 Å². The minimum absolute atomic E-state index is 0.119. The molecule has 196 valence electrons. The minimum atomic E-state index is -0.505. The Labute approximate surface area is 237 Å². The third-order valence-corrected chi connectivity index (χ3v) is 9.11. The molecule has 0 atom stereocenters. The summed E-state index contributed by atoms with van der Waals surface area (Å²) in [5.41, 5.74) is 1.92. The van der Waals surface area contributed by atoms with Gasteiger partial charge in [0.2, 0.25) is 5.91 Å². The summed E-state index contributed by atoms with van der Waals surface area (Å²) in [5.74, 6) is -0.860. The molecule has 3 heterocycles. The Balaban J connectivity index is 1.21. The number of halogens is 2. The van der Waals surface area contributed by atoms with E-state index in [1.807, 2.05) is 52.7 Å². The lowest BCUT2D eigenvalue weighted by Crippen LogP contribution is -2.50. The normalized spacial score (nSPS) is 14.0. The van der Waals surface area contributed by atoms with Gasteiger partial charge in [-0.2, -0.15) is 0 Å².